The summed E-state index contributed by atoms with van der Waals surface area (Å²) in [5.74, 6) is -0.242. The number of likely N-dealkylation sites (tertiary alicyclic amines) is 1. The zero-order valence-electron chi connectivity index (χ0n) is 11.0. The van der Waals surface area contributed by atoms with Crippen LogP contribution in [0.15, 0.2) is 15.9 Å². The van der Waals surface area contributed by atoms with Gasteiger partial charge in [-0.05, 0) is 41.8 Å². The van der Waals surface area contributed by atoms with E-state index in [-0.39, 0.29) is 17.9 Å². The van der Waals surface area contributed by atoms with Crippen molar-refractivity contribution in [3.8, 4) is 0 Å². The molecule has 1 aliphatic rings. The molecule has 0 bridgehead atoms. The van der Waals surface area contributed by atoms with Gasteiger partial charge in [-0.15, -0.1) is 11.3 Å². The quantitative estimate of drug-likeness (QED) is 0.877. The predicted molar refractivity (Wildman–Crippen MR) is 81.9 cm³/mol. The molecule has 1 aromatic heterocycles. The number of thiophene rings is 1. The lowest BCUT2D eigenvalue weighted by Gasteiger charge is -2.41. The highest BCUT2D eigenvalue weighted by Crippen LogP contribution is 2.34. The Morgan fingerprint density at radius 2 is 2.37 bits per heavy atom. The van der Waals surface area contributed by atoms with Crippen molar-refractivity contribution in [2.45, 2.75) is 31.8 Å². The lowest BCUT2D eigenvalue weighted by molar-refractivity contribution is -0.124. The minimum Gasteiger partial charge on any atom is -0.369 e. The van der Waals surface area contributed by atoms with E-state index in [1.807, 2.05) is 0 Å². The summed E-state index contributed by atoms with van der Waals surface area (Å²) in [4.78, 5) is 15.0. The van der Waals surface area contributed by atoms with Crippen molar-refractivity contribution in [3.63, 3.8) is 0 Å². The number of primary amides is 1. The predicted octanol–water partition coefficient (Wildman–Crippen LogP) is 2.10. The number of carbonyl (C=O) groups excluding carboxylic acids is 1. The number of hydrogen-bond donors (Lipinski definition) is 2. The summed E-state index contributed by atoms with van der Waals surface area (Å²) in [6, 6.07) is 2.72. The van der Waals surface area contributed by atoms with Crippen LogP contribution in [0, 0.1) is 5.92 Å². The topological polar surface area (TPSA) is 72.4 Å². The summed E-state index contributed by atoms with van der Waals surface area (Å²) < 4.78 is 1.09. The van der Waals surface area contributed by atoms with Crippen molar-refractivity contribution in [1.82, 2.24) is 4.90 Å². The zero-order valence-corrected chi connectivity index (χ0v) is 13.4. The van der Waals surface area contributed by atoms with Crippen LogP contribution >= 0.6 is 27.3 Å². The van der Waals surface area contributed by atoms with E-state index in [1.54, 1.807) is 11.3 Å². The van der Waals surface area contributed by atoms with Crippen molar-refractivity contribution in [3.05, 3.63) is 20.8 Å². The van der Waals surface area contributed by atoms with Gasteiger partial charge < -0.3 is 11.5 Å². The fourth-order valence-corrected chi connectivity index (χ4v) is 4.30. The molecule has 2 heterocycles. The van der Waals surface area contributed by atoms with E-state index in [9.17, 15) is 4.79 Å². The number of rotatable bonds is 4. The van der Waals surface area contributed by atoms with Gasteiger partial charge in [0.15, 0.2) is 0 Å². The molecule has 3 atom stereocenters. The molecule has 0 spiro atoms. The van der Waals surface area contributed by atoms with Gasteiger partial charge in [0.05, 0.1) is 12.0 Å². The maximum atomic E-state index is 11.4. The number of halogens is 1. The first kappa shape index (κ1) is 15.0. The number of amides is 1. The maximum absolute atomic E-state index is 11.4. The zero-order chi connectivity index (χ0) is 14.0. The van der Waals surface area contributed by atoms with E-state index in [2.05, 4.69) is 39.2 Å². The van der Waals surface area contributed by atoms with Gasteiger partial charge in [-0.2, -0.15) is 0 Å². The number of carbonyl (C=O) groups is 1. The third-order valence-electron chi connectivity index (χ3n) is 3.87. The molecule has 1 fully saturated rings. The van der Waals surface area contributed by atoms with Gasteiger partial charge in [-0.3, -0.25) is 9.69 Å². The second kappa shape index (κ2) is 6.35. The van der Waals surface area contributed by atoms with Crippen LogP contribution in [-0.2, 0) is 4.79 Å². The van der Waals surface area contributed by atoms with E-state index < -0.39 is 0 Å². The number of hydrogen-bond acceptors (Lipinski definition) is 4. The highest BCUT2D eigenvalue weighted by atomic mass is 79.9. The van der Waals surface area contributed by atoms with E-state index in [1.165, 1.54) is 4.88 Å². The summed E-state index contributed by atoms with van der Waals surface area (Å²) >= 11 is 5.18. The van der Waals surface area contributed by atoms with Crippen molar-refractivity contribution < 1.29 is 4.79 Å². The van der Waals surface area contributed by atoms with E-state index in [0.29, 0.717) is 19.1 Å². The first-order valence-electron chi connectivity index (χ1n) is 6.52. The molecule has 0 radical (unpaired) electrons. The minimum atomic E-state index is -0.194. The standard InChI is InChI=1S/C13H20BrN3OS/c1-8-2-3-9(13(16)18)6-17(8)11(5-15)12-4-10(14)7-19-12/h4,7-9,11H,2-3,5-6,15H2,1H3,(H2,16,18). The molecule has 1 aliphatic heterocycles. The molecule has 0 saturated carbocycles. The highest BCUT2D eigenvalue weighted by molar-refractivity contribution is 9.10. The van der Waals surface area contributed by atoms with Crippen LogP contribution < -0.4 is 11.5 Å². The maximum Gasteiger partial charge on any atom is 0.221 e. The van der Waals surface area contributed by atoms with Gasteiger partial charge in [0.2, 0.25) is 5.91 Å². The average molecular weight is 346 g/mol. The van der Waals surface area contributed by atoms with Crippen LogP contribution in [0.25, 0.3) is 0 Å². The Morgan fingerprint density at radius 1 is 1.63 bits per heavy atom. The molecule has 1 amide bonds. The van der Waals surface area contributed by atoms with E-state index >= 15 is 0 Å². The van der Waals surface area contributed by atoms with Crippen molar-refractivity contribution in [2.75, 3.05) is 13.1 Å². The summed E-state index contributed by atoms with van der Waals surface area (Å²) in [5, 5.41) is 2.07. The SMILES string of the molecule is CC1CCC(C(N)=O)CN1C(CN)c1cc(Br)cs1. The number of nitrogens with two attached hydrogens (primary N) is 2. The van der Waals surface area contributed by atoms with Gasteiger partial charge in [0, 0.05) is 33.9 Å². The smallest absolute Gasteiger partial charge is 0.221 e. The molecule has 1 saturated heterocycles. The number of piperidine rings is 1. The Bertz CT molecular complexity index is 451. The monoisotopic (exact) mass is 345 g/mol. The third-order valence-corrected chi connectivity index (χ3v) is 5.67. The summed E-state index contributed by atoms with van der Waals surface area (Å²) in [5.41, 5.74) is 11.4. The van der Waals surface area contributed by atoms with Gasteiger partial charge in [0.1, 0.15) is 0 Å². The molecule has 106 valence electrons. The van der Waals surface area contributed by atoms with Crippen molar-refractivity contribution in [1.29, 1.82) is 0 Å². The first-order chi connectivity index (χ1) is 9.02. The van der Waals surface area contributed by atoms with Gasteiger partial charge in [-0.1, -0.05) is 0 Å². The normalized spacial score (nSPS) is 26.3. The summed E-state index contributed by atoms with van der Waals surface area (Å²) in [7, 11) is 0. The molecule has 3 unspecified atom stereocenters. The Hall–Kier alpha value is -0.430. The van der Waals surface area contributed by atoms with E-state index in [0.717, 1.165) is 17.3 Å². The highest BCUT2D eigenvalue weighted by Gasteiger charge is 2.33. The van der Waals surface area contributed by atoms with Crippen LogP contribution in [0.5, 0.6) is 0 Å². The molecule has 19 heavy (non-hydrogen) atoms. The number of nitrogens with zero attached hydrogens (tertiary/aromatic N) is 1. The Morgan fingerprint density at radius 3 is 2.89 bits per heavy atom. The van der Waals surface area contributed by atoms with Crippen molar-refractivity contribution in [2.24, 2.45) is 17.4 Å². The molecule has 0 aromatic carbocycles. The van der Waals surface area contributed by atoms with Crippen LogP contribution in [-0.4, -0.2) is 29.9 Å². The average Bonchev–Trinajstić information content (AvgIpc) is 2.79. The van der Waals surface area contributed by atoms with Gasteiger partial charge in [-0.25, -0.2) is 0 Å². The van der Waals surface area contributed by atoms with Gasteiger partial charge in [0.25, 0.3) is 0 Å². The molecule has 0 aliphatic carbocycles. The minimum absolute atomic E-state index is 0.0475. The van der Waals surface area contributed by atoms with Crippen LogP contribution in [0.2, 0.25) is 0 Å². The fourth-order valence-electron chi connectivity index (χ4n) is 2.72. The Balaban J connectivity index is 2.18. The third kappa shape index (κ3) is 3.37. The first-order valence-corrected chi connectivity index (χ1v) is 8.19. The largest absolute Gasteiger partial charge is 0.369 e. The molecule has 6 heteroatoms. The molecular formula is C13H20BrN3OS. The Kier molecular flexibility index (Phi) is 5.00. The lowest BCUT2D eigenvalue weighted by Crippen LogP contribution is -2.48. The fraction of sp³-hybridized carbons (Fsp3) is 0.615. The van der Waals surface area contributed by atoms with Crippen LogP contribution in [0.3, 0.4) is 0 Å². The van der Waals surface area contributed by atoms with Crippen LogP contribution in [0.4, 0.5) is 0 Å². The molecule has 4 nitrogen and oxygen atoms in total. The second-order valence-electron chi connectivity index (χ2n) is 5.14. The molecule has 2 rings (SSSR count). The summed E-state index contributed by atoms with van der Waals surface area (Å²) in [6.45, 7) is 3.47. The van der Waals surface area contributed by atoms with Gasteiger partial charge >= 0.3 is 0 Å². The lowest BCUT2D eigenvalue weighted by atomic mass is 9.91. The molecule has 4 N–H and O–H groups in total. The van der Waals surface area contributed by atoms with Crippen molar-refractivity contribution >= 4 is 33.2 Å². The van der Waals surface area contributed by atoms with E-state index in [4.69, 9.17) is 11.5 Å². The Labute approximate surface area is 126 Å². The summed E-state index contributed by atoms with van der Waals surface area (Å²) in [6.07, 6.45) is 1.88. The van der Waals surface area contributed by atoms with Crippen LogP contribution in [0.1, 0.15) is 30.7 Å². The second-order valence-corrected chi connectivity index (χ2v) is 7.00. The molecule has 1 aromatic rings. The molecular weight excluding hydrogens is 326 g/mol.